The number of nitrogens with one attached hydrogen (secondary N) is 3. The van der Waals surface area contributed by atoms with Gasteiger partial charge in [0.25, 0.3) is 0 Å². The fraction of sp³-hybridized carbons (Fsp3) is 0.476. The molecule has 0 aliphatic carbocycles. The third-order valence-electron chi connectivity index (χ3n) is 4.58. The molecule has 0 bridgehead atoms. The van der Waals surface area contributed by atoms with Crippen LogP contribution in [-0.4, -0.2) is 76.6 Å². The van der Waals surface area contributed by atoms with Gasteiger partial charge in [0.1, 0.15) is 12.1 Å². The Morgan fingerprint density at radius 3 is 2.21 bits per heavy atom. The van der Waals surface area contributed by atoms with Crippen LogP contribution >= 0.6 is 11.8 Å². The number of hydrogen-bond acceptors (Lipinski definition) is 7. The number of carboxylic acid groups (broad SMARTS) is 2. The number of rotatable bonds is 15. The summed E-state index contributed by atoms with van der Waals surface area (Å²) in [6, 6.07) is 5.74. The van der Waals surface area contributed by atoms with Crippen molar-refractivity contribution in [1.82, 2.24) is 16.0 Å². The minimum absolute atomic E-state index is 0.164. The third kappa shape index (κ3) is 11.3. The predicted octanol–water partition coefficient (Wildman–Crippen LogP) is -0.655. The lowest BCUT2D eigenvalue weighted by Crippen LogP contribution is -2.54. The van der Waals surface area contributed by atoms with E-state index in [1.807, 2.05) is 30.3 Å². The van der Waals surface area contributed by atoms with Crippen molar-refractivity contribution in [2.24, 2.45) is 5.73 Å². The fourth-order valence-electron chi connectivity index (χ4n) is 2.81. The van der Waals surface area contributed by atoms with Crippen molar-refractivity contribution in [2.75, 3.05) is 18.6 Å². The first-order valence-electron chi connectivity index (χ1n) is 10.2. The first kappa shape index (κ1) is 27.9. The number of hydrogen-bond donors (Lipinski definition) is 6. The molecular weight excluding hydrogens is 452 g/mol. The van der Waals surface area contributed by atoms with Crippen LogP contribution in [0.25, 0.3) is 0 Å². The van der Waals surface area contributed by atoms with Crippen LogP contribution in [-0.2, 0) is 30.4 Å². The van der Waals surface area contributed by atoms with E-state index in [9.17, 15) is 29.1 Å². The number of carbonyl (C=O) groups excluding carboxylic acids is 3. The number of thioether (sulfide) groups is 1. The molecule has 0 heterocycles. The van der Waals surface area contributed by atoms with E-state index in [1.54, 1.807) is 6.26 Å². The van der Waals surface area contributed by atoms with E-state index >= 15 is 0 Å². The molecule has 0 aliphatic rings. The van der Waals surface area contributed by atoms with Crippen LogP contribution < -0.4 is 21.7 Å². The lowest BCUT2D eigenvalue weighted by Gasteiger charge is -2.21. The molecule has 0 aromatic heterocycles. The molecule has 0 fully saturated rings. The van der Waals surface area contributed by atoms with Crippen molar-refractivity contribution in [3.05, 3.63) is 35.9 Å². The van der Waals surface area contributed by atoms with Crippen LogP contribution in [0.4, 0.5) is 0 Å². The summed E-state index contributed by atoms with van der Waals surface area (Å²) in [6.07, 6.45) is 1.55. The van der Waals surface area contributed by atoms with E-state index in [1.165, 1.54) is 11.8 Å². The fourth-order valence-corrected chi connectivity index (χ4v) is 3.28. The van der Waals surface area contributed by atoms with Gasteiger partial charge in [-0.3, -0.25) is 19.2 Å². The Morgan fingerprint density at radius 2 is 1.64 bits per heavy atom. The van der Waals surface area contributed by atoms with Crippen LogP contribution in [0.1, 0.15) is 24.8 Å². The molecule has 182 valence electrons. The van der Waals surface area contributed by atoms with Gasteiger partial charge in [-0.15, -0.1) is 0 Å². The third-order valence-corrected chi connectivity index (χ3v) is 5.23. The molecule has 0 saturated heterocycles. The molecule has 0 radical (unpaired) electrons. The van der Waals surface area contributed by atoms with Crippen molar-refractivity contribution < 1.29 is 34.2 Å². The molecule has 3 atom stereocenters. The Bertz CT molecular complexity index is 822. The second kappa shape index (κ2) is 14.9. The van der Waals surface area contributed by atoms with E-state index in [4.69, 9.17) is 10.8 Å². The molecule has 7 N–H and O–H groups in total. The van der Waals surface area contributed by atoms with Crippen molar-refractivity contribution in [2.45, 2.75) is 43.8 Å². The van der Waals surface area contributed by atoms with Crippen molar-refractivity contribution in [1.29, 1.82) is 0 Å². The average molecular weight is 483 g/mol. The molecule has 1 rings (SSSR count). The highest BCUT2D eigenvalue weighted by Crippen LogP contribution is 2.05. The van der Waals surface area contributed by atoms with E-state index in [0.717, 1.165) is 5.56 Å². The van der Waals surface area contributed by atoms with Crippen molar-refractivity contribution >= 4 is 41.4 Å². The number of nitrogens with two attached hydrogens (primary N) is 1. The van der Waals surface area contributed by atoms with E-state index in [2.05, 4.69) is 16.0 Å². The molecule has 0 saturated carbocycles. The number of amides is 3. The molecular formula is C21H30N4O7S. The second-order valence-electron chi connectivity index (χ2n) is 7.25. The zero-order valence-corrected chi connectivity index (χ0v) is 19.1. The SMILES string of the molecule is CSCCC(NC(=O)C(CCC(=O)O)NC(=O)CNC(=O)C(N)Cc1ccccc1)C(=O)O. The van der Waals surface area contributed by atoms with Gasteiger partial charge in [-0.05, 0) is 36.8 Å². The summed E-state index contributed by atoms with van der Waals surface area (Å²) < 4.78 is 0. The first-order chi connectivity index (χ1) is 15.6. The van der Waals surface area contributed by atoms with Gasteiger partial charge in [0.15, 0.2) is 0 Å². The Labute approximate surface area is 195 Å². The van der Waals surface area contributed by atoms with Crippen LogP contribution in [0.3, 0.4) is 0 Å². The predicted molar refractivity (Wildman–Crippen MR) is 122 cm³/mol. The van der Waals surface area contributed by atoms with E-state index in [-0.39, 0.29) is 19.3 Å². The van der Waals surface area contributed by atoms with Gasteiger partial charge in [-0.25, -0.2) is 4.79 Å². The second-order valence-corrected chi connectivity index (χ2v) is 8.23. The monoisotopic (exact) mass is 482 g/mol. The standard InChI is InChI=1S/C21H30N4O7S/c1-33-10-9-16(21(31)32)25-20(30)15(7-8-18(27)28)24-17(26)12-23-19(29)14(22)11-13-5-3-2-4-6-13/h2-6,14-16H,7-12,22H2,1H3,(H,23,29)(H,24,26)(H,25,30)(H,27,28)(H,31,32). The number of carboxylic acids is 2. The maximum atomic E-state index is 12.5. The maximum Gasteiger partial charge on any atom is 0.326 e. The summed E-state index contributed by atoms with van der Waals surface area (Å²) in [4.78, 5) is 59.2. The summed E-state index contributed by atoms with van der Waals surface area (Å²) in [6.45, 7) is -0.479. The van der Waals surface area contributed by atoms with Crippen molar-refractivity contribution in [3.8, 4) is 0 Å². The summed E-state index contributed by atoms with van der Waals surface area (Å²) in [5, 5.41) is 25.2. The molecule has 33 heavy (non-hydrogen) atoms. The highest BCUT2D eigenvalue weighted by Gasteiger charge is 2.27. The lowest BCUT2D eigenvalue weighted by atomic mass is 10.1. The summed E-state index contributed by atoms with van der Waals surface area (Å²) in [5.74, 6) is -4.05. The van der Waals surface area contributed by atoms with E-state index in [0.29, 0.717) is 5.75 Å². The van der Waals surface area contributed by atoms with Crippen LogP contribution in [0.15, 0.2) is 30.3 Å². The van der Waals surface area contributed by atoms with Crippen LogP contribution in [0.5, 0.6) is 0 Å². The van der Waals surface area contributed by atoms with Gasteiger partial charge in [0, 0.05) is 6.42 Å². The summed E-state index contributed by atoms with van der Waals surface area (Å²) in [7, 11) is 0. The summed E-state index contributed by atoms with van der Waals surface area (Å²) >= 11 is 1.41. The number of aliphatic carboxylic acids is 2. The zero-order chi connectivity index (χ0) is 24.8. The Hall–Kier alpha value is -3.12. The van der Waals surface area contributed by atoms with Crippen LogP contribution in [0, 0.1) is 0 Å². The molecule has 3 amide bonds. The minimum Gasteiger partial charge on any atom is -0.481 e. The zero-order valence-electron chi connectivity index (χ0n) is 18.3. The largest absolute Gasteiger partial charge is 0.481 e. The molecule has 0 aliphatic heterocycles. The minimum atomic E-state index is -1.28. The van der Waals surface area contributed by atoms with Gasteiger partial charge < -0.3 is 31.9 Å². The normalized spacial score (nSPS) is 13.3. The number of carbonyl (C=O) groups is 5. The van der Waals surface area contributed by atoms with Crippen LogP contribution in [0.2, 0.25) is 0 Å². The molecule has 0 spiro atoms. The van der Waals surface area contributed by atoms with Gasteiger partial charge in [0.2, 0.25) is 17.7 Å². The summed E-state index contributed by atoms with van der Waals surface area (Å²) in [5.41, 5.74) is 6.71. The van der Waals surface area contributed by atoms with Crippen molar-refractivity contribution in [3.63, 3.8) is 0 Å². The Balaban J connectivity index is 2.65. The van der Waals surface area contributed by atoms with Gasteiger partial charge in [-0.2, -0.15) is 11.8 Å². The molecule has 11 nitrogen and oxygen atoms in total. The van der Waals surface area contributed by atoms with E-state index < -0.39 is 60.8 Å². The highest BCUT2D eigenvalue weighted by molar-refractivity contribution is 7.98. The van der Waals surface area contributed by atoms with Gasteiger partial charge in [0.05, 0.1) is 12.6 Å². The van der Waals surface area contributed by atoms with Gasteiger partial charge >= 0.3 is 11.9 Å². The molecule has 1 aromatic carbocycles. The Kier molecular flexibility index (Phi) is 12.6. The molecule has 12 heteroatoms. The number of benzene rings is 1. The topological polar surface area (TPSA) is 188 Å². The highest BCUT2D eigenvalue weighted by atomic mass is 32.2. The Morgan fingerprint density at radius 1 is 0.970 bits per heavy atom. The maximum absolute atomic E-state index is 12.5. The van der Waals surface area contributed by atoms with Gasteiger partial charge in [-0.1, -0.05) is 30.3 Å². The molecule has 1 aromatic rings. The quantitative estimate of drug-likeness (QED) is 0.189. The smallest absolute Gasteiger partial charge is 0.326 e. The lowest BCUT2D eigenvalue weighted by molar-refractivity contribution is -0.143. The molecule has 3 unspecified atom stereocenters. The first-order valence-corrected chi connectivity index (χ1v) is 11.6. The average Bonchev–Trinajstić information content (AvgIpc) is 2.77.